The van der Waals surface area contributed by atoms with Gasteiger partial charge in [0.1, 0.15) is 5.82 Å². The van der Waals surface area contributed by atoms with E-state index in [0.717, 1.165) is 12.8 Å². The smallest absolute Gasteiger partial charge is 0.251 e. The molecule has 4 heteroatoms. The molecule has 86 valence electrons. The predicted molar refractivity (Wildman–Crippen MR) is 61.1 cm³/mol. The summed E-state index contributed by atoms with van der Waals surface area (Å²) in [5.41, 5.74) is 0.333. The zero-order chi connectivity index (χ0) is 11.5. The van der Waals surface area contributed by atoms with E-state index in [4.69, 9.17) is 11.6 Å². The lowest BCUT2D eigenvalue weighted by Gasteiger charge is -2.09. The van der Waals surface area contributed by atoms with Crippen molar-refractivity contribution >= 4 is 17.5 Å². The summed E-state index contributed by atoms with van der Waals surface area (Å²) in [6.07, 6.45) is 2.29. The Hall–Kier alpha value is -1.09. The van der Waals surface area contributed by atoms with E-state index < -0.39 is 5.82 Å². The minimum atomic E-state index is -0.405. The van der Waals surface area contributed by atoms with Gasteiger partial charge in [0.15, 0.2) is 0 Å². The molecule has 2 rings (SSSR count). The lowest BCUT2D eigenvalue weighted by atomic mass is 10.2. The molecule has 1 aliphatic rings. The van der Waals surface area contributed by atoms with Gasteiger partial charge in [-0.05, 0) is 37.0 Å². The summed E-state index contributed by atoms with van der Waals surface area (Å²) >= 11 is 6.05. The molecule has 0 aliphatic heterocycles. The van der Waals surface area contributed by atoms with E-state index in [-0.39, 0.29) is 11.3 Å². The van der Waals surface area contributed by atoms with E-state index in [1.807, 2.05) is 0 Å². The number of rotatable bonds is 4. The van der Waals surface area contributed by atoms with E-state index in [1.165, 1.54) is 18.2 Å². The zero-order valence-corrected chi connectivity index (χ0v) is 9.51. The van der Waals surface area contributed by atoms with E-state index in [2.05, 4.69) is 5.32 Å². The molecule has 1 saturated carbocycles. The number of hydrogen-bond donors (Lipinski definition) is 1. The first-order valence-corrected chi connectivity index (χ1v) is 5.78. The van der Waals surface area contributed by atoms with Crippen LogP contribution in [0.3, 0.4) is 0 Å². The number of carbonyl (C=O) groups is 1. The standard InChI is InChI=1S/C12H13ClFNO/c13-11(8-4-5-8)7-15-12(16)9-2-1-3-10(14)6-9/h1-3,6,8,11H,4-5,7H2,(H,15,16). The molecule has 1 amide bonds. The van der Waals surface area contributed by atoms with E-state index in [1.54, 1.807) is 6.07 Å². The Kier molecular flexibility index (Phi) is 3.44. The summed E-state index contributed by atoms with van der Waals surface area (Å²) in [4.78, 5) is 11.6. The third kappa shape index (κ3) is 2.95. The number of halogens is 2. The van der Waals surface area contributed by atoms with Crippen LogP contribution in [0.4, 0.5) is 4.39 Å². The van der Waals surface area contributed by atoms with E-state index in [9.17, 15) is 9.18 Å². The van der Waals surface area contributed by atoms with Gasteiger partial charge in [-0.25, -0.2) is 4.39 Å². The van der Waals surface area contributed by atoms with Crippen LogP contribution < -0.4 is 5.32 Å². The van der Waals surface area contributed by atoms with Gasteiger partial charge in [0.2, 0.25) is 0 Å². The number of nitrogens with one attached hydrogen (secondary N) is 1. The molecular weight excluding hydrogens is 229 g/mol. The van der Waals surface area contributed by atoms with Gasteiger partial charge in [-0.15, -0.1) is 11.6 Å². The SMILES string of the molecule is O=C(NCC(Cl)C1CC1)c1cccc(F)c1. The van der Waals surface area contributed by atoms with Crippen molar-refractivity contribution in [3.63, 3.8) is 0 Å². The maximum atomic E-state index is 12.9. The Labute approximate surface area is 98.8 Å². The van der Waals surface area contributed by atoms with Gasteiger partial charge in [-0.1, -0.05) is 6.07 Å². The van der Waals surface area contributed by atoms with Crippen LogP contribution in [-0.4, -0.2) is 17.8 Å². The highest BCUT2D eigenvalue weighted by molar-refractivity contribution is 6.21. The summed E-state index contributed by atoms with van der Waals surface area (Å²) in [6, 6.07) is 5.63. The monoisotopic (exact) mass is 241 g/mol. The summed E-state index contributed by atoms with van der Waals surface area (Å²) in [5.74, 6) is -0.141. The second-order valence-electron chi connectivity index (χ2n) is 4.07. The maximum Gasteiger partial charge on any atom is 0.251 e. The van der Waals surface area contributed by atoms with Crippen molar-refractivity contribution in [2.75, 3.05) is 6.54 Å². The maximum absolute atomic E-state index is 12.9. The summed E-state index contributed by atoms with van der Waals surface area (Å²) in [7, 11) is 0. The van der Waals surface area contributed by atoms with Crippen LogP contribution in [0.25, 0.3) is 0 Å². The molecule has 0 saturated heterocycles. The Balaban J connectivity index is 1.87. The first-order chi connectivity index (χ1) is 7.66. The van der Waals surface area contributed by atoms with Crippen LogP contribution in [-0.2, 0) is 0 Å². The fraction of sp³-hybridized carbons (Fsp3) is 0.417. The molecule has 0 heterocycles. The second-order valence-corrected chi connectivity index (χ2v) is 4.63. The van der Waals surface area contributed by atoms with Crippen molar-refractivity contribution in [2.24, 2.45) is 5.92 Å². The quantitative estimate of drug-likeness (QED) is 0.807. The fourth-order valence-electron chi connectivity index (χ4n) is 1.55. The lowest BCUT2D eigenvalue weighted by Crippen LogP contribution is -2.30. The third-order valence-corrected chi connectivity index (χ3v) is 3.19. The lowest BCUT2D eigenvalue weighted by molar-refractivity contribution is 0.0952. The molecule has 1 atom stereocenters. The largest absolute Gasteiger partial charge is 0.351 e. The molecule has 0 radical (unpaired) electrons. The molecular formula is C12H13ClFNO. The minimum absolute atomic E-state index is 0.00231. The van der Waals surface area contributed by atoms with Crippen molar-refractivity contribution in [3.8, 4) is 0 Å². The molecule has 1 aromatic rings. The summed E-state index contributed by atoms with van der Waals surface area (Å²) in [5, 5.41) is 2.71. The van der Waals surface area contributed by atoms with Crippen LogP contribution in [0.2, 0.25) is 0 Å². The third-order valence-electron chi connectivity index (χ3n) is 2.68. The topological polar surface area (TPSA) is 29.1 Å². The summed E-state index contributed by atoms with van der Waals surface area (Å²) < 4.78 is 12.9. The van der Waals surface area contributed by atoms with E-state index in [0.29, 0.717) is 18.0 Å². The highest BCUT2D eigenvalue weighted by atomic mass is 35.5. The Bertz CT molecular complexity index is 392. The summed E-state index contributed by atoms with van der Waals surface area (Å²) in [6.45, 7) is 0.446. The molecule has 0 aromatic heterocycles. The molecule has 16 heavy (non-hydrogen) atoms. The zero-order valence-electron chi connectivity index (χ0n) is 8.75. The Morgan fingerprint density at radius 1 is 1.56 bits per heavy atom. The predicted octanol–water partition coefficient (Wildman–Crippen LogP) is 2.57. The van der Waals surface area contributed by atoms with E-state index >= 15 is 0 Å². The van der Waals surface area contributed by atoms with Gasteiger partial charge < -0.3 is 5.32 Å². The van der Waals surface area contributed by atoms with Crippen LogP contribution >= 0.6 is 11.6 Å². The molecule has 1 unspecified atom stereocenters. The van der Waals surface area contributed by atoms with Crippen molar-refractivity contribution < 1.29 is 9.18 Å². The van der Waals surface area contributed by atoms with Gasteiger partial charge in [-0.3, -0.25) is 4.79 Å². The first-order valence-electron chi connectivity index (χ1n) is 5.34. The number of amides is 1. The second kappa shape index (κ2) is 4.83. The van der Waals surface area contributed by atoms with Crippen molar-refractivity contribution in [1.82, 2.24) is 5.32 Å². The minimum Gasteiger partial charge on any atom is -0.351 e. The van der Waals surface area contributed by atoms with Gasteiger partial charge in [0.05, 0.1) is 5.38 Å². The van der Waals surface area contributed by atoms with Crippen LogP contribution in [0, 0.1) is 11.7 Å². The first kappa shape index (κ1) is 11.4. The molecule has 2 nitrogen and oxygen atoms in total. The average molecular weight is 242 g/mol. The Morgan fingerprint density at radius 2 is 2.31 bits per heavy atom. The van der Waals surface area contributed by atoms with Gasteiger partial charge >= 0.3 is 0 Å². The molecule has 1 N–H and O–H groups in total. The van der Waals surface area contributed by atoms with Crippen molar-refractivity contribution in [3.05, 3.63) is 35.6 Å². The normalized spacial score (nSPS) is 16.9. The highest BCUT2D eigenvalue weighted by Crippen LogP contribution is 2.35. The van der Waals surface area contributed by atoms with Crippen LogP contribution in [0.5, 0.6) is 0 Å². The molecule has 1 aliphatic carbocycles. The van der Waals surface area contributed by atoms with Crippen molar-refractivity contribution in [1.29, 1.82) is 0 Å². The van der Waals surface area contributed by atoms with Gasteiger partial charge in [0.25, 0.3) is 5.91 Å². The van der Waals surface area contributed by atoms with Crippen LogP contribution in [0.15, 0.2) is 24.3 Å². The molecule has 0 bridgehead atoms. The average Bonchev–Trinajstić information content (AvgIpc) is 3.09. The van der Waals surface area contributed by atoms with Crippen molar-refractivity contribution in [2.45, 2.75) is 18.2 Å². The Morgan fingerprint density at radius 3 is 2.94 bits per heavy atom. The highest BCUT2D eigenvalue weighted by Gasteiger charge is 2.29. The number of carbonyl (C=O) groups excluding carboxylic acids is 1. The molecule has 0 spiro atoms. The number of hydrogen-bond acceptors (Lipinski definition) is 1. The van der Waals surface area contributed by atoms with Crippen LogP contribution in [0.1, 0.15) is 23.2 Å². The van der Waals surface area contributed by atoms with Gasteiger partial charge in [-0.2, -0.15) is 0 Å². The fourth-order valence-corrected chi connectivity index (χ4v) is 1.88. The molecule has 1 aromatic carbocycles. The molecule has 1 fully saturated rings. The van der Waals surface area contributed by atoms with Gasteiger partial charge in [0, 0.05) is 12.1 Å². The number of benzene rings is 1. The number of alkyl halides is 1.